The van der Waals surface area contributed by atoms with Crippen molar-refractivity contribution < 1.29 is 9.59 Å². The second kappa shape index (κ2) is 6.01. The molecule has 0 spiro atoms. The third-order valence-electron chi connectivity index (χ3n) is 2.99. The number of benzene rings is 2. The smallest absolute Gasteiger partial charge is 0.255 e. The molecule has 0 aliphatic heterocycles. The molecule has 2 aromatic carbocycles. The van der Waals surface area contributed by atoms with Crippen molar-refractivity contribution in [3.63, 3.8) is 0 Å². The molecule has 0 atom stereocenters. The molecule has 0 saturated carbocycles. The Morgan fingerprint density at radius 1 is 1.05 bits per heavy atom. The number of rotatable bonds is 3. The molecule has 20 heavy (non-hydrogen) atoms. The summed E-state index contributed by atoms with van der Waals surface area (Å²) < 4.78 is 0.861. The zero-order chi connectivity index (χ0) is 14.7. The van der Waals surface area contributed by atoms with Crippen LogP contribution in [0.25, 0.3) is 0 Å². The lowest BCUT2D eigenvalue weighted by Crippen LogP contribution is -2.13. The fourth-order valence-electron chi connectivity index (χ4n) is 1.83. The predicted octanol–water partition coefficient (Wildman–Crippen LogP) is 4.21. The first-order valence-electron chi connectivity index (χ1n) is 6.16. The molecule has 2 rings (SSSR count). The van der Waals surface area contributed by atoms with Gasteiger partial charge in [0.15, 0.2) is 5.78 Å². The molecule has 0 radical (unpaired) electrons. The van der Waals surface area contributed by atoms with Crippen LogP contribution in [0.3, 0.4) is 0 Å². The minimum Gasteiger partial charge on any atom is -0.322 e. The lowest BCUT2D eigenvalue weighted by atomic mass is 10.1. The van der Waals surface area contributed by atoms with Gasteiger partial charge in [-0.25, -0.2) is 0 Å². The lowest BCUT2D eigenvalue weighted by molar-refractivity contribution is 0.101. The molecule has 2 aromatic rings. The molecule has 0 aliphatic rings. The van der Waals surface area contributed by atoms with Crippen LogP contribution in [0.5, 0.6) is 0 Å². The van der Waals surface area contributed by atoms with Crippen molar-refractivity contribution in [2.45, 2.75) is 13.8 Å². The molecule has 0 unspecified atom stereocenters. The van der Waals surface area contributed by atoms with Crippen molar-refractivity contribution in [1.29, 1.82) is 0 Å². The summed E-state index contributed by atoms with van der Waals surface area (Å²) in [6.07, 6.45) is 0. The first-order valence-corrected chi connectivity index (χ1v) is 6.95. The molecule has 0 saturated heterocycles. The quantitative estimate of drug-likeness (QED) is 0.856. The van der Waals surface area contributed by atoms with Crippen molar-refractivity contribution in [2.75, 3.05) is 5.32 Å². The van der Waals surface area contributed by atoms with Gasteiger partial charge in [-0.05, 0) is 55.8 Å². The Kier molecular flexibility index (Phi) is 4.35. The summed E-state index contributed by atoms with van der Waals surface area (Å²) in [6, 6.07) is 12.4. The zero-order valence-electron chi connectivity index (χ0n) is 11.2. The molecule has 102 valence electrons. The van der Waals surface area contributed by atoms with Crippen LogP contribution in [0.2, 0.25) is 0 Å². The van der Waals surface area contributed by atoms with Gasteiger partial charge in [0.25, 0.3) is 5.91 Å². The number of aryl methyl sites for hydroxylation is 1. The van der Waals surface area contributed by atoms with Gasteiger partial charge < -0.3 is 5.32 Å². The Morgan fingerprint density at radius 3 is 2.30 bits per heavy atom. The number of nitrogens with one attached hydrogen (secondary N) is 1. The SMILES string of the molecule is CC(=O)c1ccc(NC(=O)c2cc(Br)ccc2C)cc1. The van der Waals surface area contributed by atoms with E-state index in [4.69, 9.17) is 0 Å². The third-order valence-corrected chi connectivity index (χ3v) is 3.49. The van der Waals surface area contributed by atoms with Crippen LogP contribution in [0.15, 0.2) is 46.9 Å². The molecule has 1 amide bonds. The maximum absolute atomic E-state index is 12.2. The zero-order valence-corrected chi connectivity index (χ0v) is 12.8. The van der Waals surface area contributed by atoms with Crippen LogP contribution in [0.1, 0.15) is 33.2 Å². The fourth-order valence-corrected chi connectivity index (χ4v) is 2.19. The Morgan fingerprint density at radius 2 is 1.70 bits per heavy atom. The third kappa shape index (κ3) is 3.33. The van der Waals surface area contributed by atoms with Crippen molar-refractivity contribution in [3.05, 3.63) is 63.6 Å². The van der Waals surface area contributed by atoms with E-state index in [2.05, 4.69) is 21.2 Å². The van der Waals surface area contributed by atoms with Crippen LogP contribution in [-0.2, 0) is 0 Å². The summed E-state index contributed by atoms with van der Waals surface area (Å²) in [7, 11) is 0. The maximum atomic E-state index is 12.2. The number of hydrogen-bond acceptors (Lipinski definition) is 2. The van der Waals surface area contributed by atoms with E-state index in [0.29, 0.717) is 16.8 Å². The number of Topliss-reactive ketones (excluding diaryl/α,β-unsaturated/α-hetero) is 1. The maximum Gasteiger partial charge on any atom is 0.255 e. The highest BCUT2D eigenvalue weighted by Crippen LogP contribution is 2.18. The fraction of sp³-hybridized carbons (Fsp3) is 0.125. The van der Waals surface area contributed by atoms with Crippen LogP contribution in [0, 0.1) is 6.92 Å². The number of carbonyl (C=O) groups excluding carboxylic acids is 2. The number of hydrogen-bond donors (Lipinski definition) is 1. The van der Waals surface area contributed by atoms with Gasteiger partial charge >= 0.3 is 0 Å². The molecule has 0 fully saturated rings. The van der Waals surface area contributed by atoms with E-state index in [1.54, 1.807) is 30.3 Å². The highest BCUT2D eigenvalue weighted by molar-refractivity contribution is 9.10. The summed E-state index contributed by atoms with van der Waals surface area (Å²) in [5.41, 5.74) is 2.82. The van der Waals surface area contributed by atoms with Crippen LogP contribution in [0.4, 0.5) is 5.69 Å². The van der Waals surface area contributed by atoms with Gasteiger partial charge in [-0.15, -0.1) is 0 Å². The number of ketones is 1. The van der Waals surface area contributed by atoms with Gasteiger partial charge in [0.1, 0.15) is 0 Å². The Hall–Kier alpha value is -1.94. The molecular weight excluding hydrogens is 318 g/mol. The molecule has 0 bridgehead atoms. The topological polar surface area (TPSA) is 46.2 Å². The number of amides is 1. The Labute approximate surface area is 126 Å². The van der Waals surface area contributed by atoms with Gasteiger partial charge in [-0.1, -0.05) is 22.0 Å². The van der Waals surface area contributed by atoms with Gasteiger partial charge in [-0.3, -0.25) is 9.59 Å². The average Bonchev–Trinajstić information content (AvgIpc) is 2.42. The van der Waals surface area contributed by atoms with Crippen molar-refractivity contribution in [3.8, 4) is 0 Å². The predicted molar refractivity (Wildman–Crippen MR) is 83.3 cm³/mol. The summed E-state index contributed by atoms with van der Waals surface area (Å²) in [5.74, 6) is -0.162. The van der Waals surface area contributed by atoms with Crippen molar-refractivity contribution in [1.82, 2.24) is 0 Å². The first kappa shape index (κ1) is 14.5. The van der Waals surface area contributed by atoms with Gasteiger partial charge in [0, 0.05) is 21.3 Å². The van der Waals surface area contributed by atoms with E-state index in [1.165, 1.54) is 6.92 Å². The van der Waals surface area contributed by atoms with Crippen molar-refractivity contribution in [2.24, 2.45) is 0 Å². The standard InChI is InChI=1S/C16H14BrNO2/c1-10-3-6-13(17)9-15(10)16(20)18-14-7-4-12(5-8-14)11(2)19/h3-9H,1-2H3,(H,18,20). The normalized spacial score (nSPS) is 10.2. The number of anilines is 1. The van der Waals surface area contributed by atoms with E-state index >= 15 is 0 Å². The number of halogens is 1. The van der Waals surface area contributed by atoms with E-state index < -0.39 is 0 Å². The molecule has 0 aliphatic carbocycles. The lowest BCUT2D eigenvalue weighted by Gasteiger charge is -2.08. The molecular formula is C16H14BrNO2. The van der Waals surface area contributed by atoms with Crippen molar-refractivity contribution >= 4 is 33.3 Å². The monoisotopic (exact) mass is 331 g/mol. The first-order chi connectivity index (χ1) is 9.47. The highest BCUT2D eigenvalue weighted by Gasteiger charge is 2.10. The van der Waals surface area contributed by atoms with Crippen LogP contribution < -0.4 is 5.32 Å². The number of carbonyl (C=O) groups is 2. The van der Waals surface area contributed by atoms with Crippen LogP contribution in [-0.4, -0.2) is 11.7 Å². The summed E-state index contributed by atoms with van der Waals surface area (Å²) in [4.78, 5) is 23.4. The van der Waals surface area contributed by atoms with Gasteiger partial charge in [0.05, 0.1) is 0 Å². The Bertz CT molecular complexity index is 663. The summed E-state index contributed by atoms with van der Waals surface area (Å²) in [6.45, 7) is 3.40. The summed E-state index contributed by atoms with van der Waals surface area (Å²) >= 11 is 3.36. The molecule has 0 heterocycles. The minimum absolute atomic E-state index is 0.00529. The molecule has 3 nitrogen and oxygen atoms in total. The summed E-state index contributed by atoms with van der Waals surface area (Å²) in [5, 5.41) is 2.82. The van der Waals surface area contributed by atoms with E-state index in [0.717, 1.165) is 10.0 Å². The van der Waals surface area contributed by atoms with Gasteiger partial charge in [0.2, 0.25) is 0 Å². The van der Waals surface area contributed by atoms with Crippen LogP contribution >= 0.6 is 15.9 Å². The molecule has 0 aromatic heterocycles. The second-order valence-corrected chi connectivity index (χ2v) is 5.46. The second-order valence-electron chi connectivity index (χ2n) is 4.55. The van der Waals surface area contributed by atoms with E-state index in [-0.39, 0.29) is 11.7 Å². The minimum atomic E-state index is -0.167. The highest BCUT2D eigenvalue weighted by atomic mass is 79.9. The molecule has 1 N–H and O–H groups in total. The van der Waals surface area contributed by atoms with E-state index in [9.17, 15) is 9.59 Å². The van der Waals surface area contributed by atoms with E-state index in [1.807, 2.05) is 19.1 Å². The molecule has 4 heteroatoms. The largest absolute Gasteiger partial charge is 0.322 e. The average molecular weight is 332 g/mol. The van der Waals surface area contributed by atoms with Gasteiger partial charge in [-0.2, -0.15) is 0 Å². The Balaban J connectivity index is 2.19.